The molecule has 0 aliphatic heterocycles. The van der Waals surface area contributed by atoms with E-state index < -0.39 is 0 Å². The fourth-order valence-electron chi connectivity index (χ4n) is 2.62. The molecule has 2 aromatic rings. The summed E-state index contributed by atoms with van der Waals surface area (Å²) in [5, 5.41) is 3.44. The van der Waals surface area contributed by atoms with Crippen molar-refractivity contribution in [2.24, 2.45) is 0 Å². The number of aromatic nitrogens is 1. The van der Waals surface area contributed by atoms with Gasteiger partial charge in [0, 0.05) is 25.3 Å². The average Bonchev–Trinajstić information content (AvgIpc) is 2.48. The fraction of sp³-hybridized carbons (Fsp3) is 0.389. The predicted octanol–water partition coefficient (Wildman–Crippen LogP) is 3.09. The topological polar surface area (TPSA) is 28.2 Å². The maximum atomic E-state index is 4.39. The van der Waals surface area contributed by atoms with Crippen LogP contribution in [0.15, 0.2) is 42.6 Å². The van der Waals surface area contributed by atoms with Crippen LogP contribution in [0.25, 0.3) is 0 Å². The van der Waals surface area contributed by atoms with E-state index >= 15 is 0 Å². The molecule has 1 unspecified atom stereocenters. The van der Waals surface area contributed by atoms with Gasteiger partial charge in [-0.2, -0.15) is 0 Å². The van der Waals surface area contributed by atoms with Crippen LogP contribution in [0.3, 0.4) is 0 Å². The third-order valence-electron chi connectivity index (χ3n) is 3.81. The van der Waals surface area contributed by atoms with Crippen molar-refractivity contribution in [2.45, 2.75) is 26.4 Å². The van der Waals surface area contributed by atoms with E-state index in [1.54, 1.807) is 0 Å². The Kier molecular flexibility index (Phi) is 5.48. The second-order valence-corrected chi connectivity index (χ2v) is 5.72. The minimum atomic E-state index is 0.332. The van der Waals surface area contributed by atoms with E-state index in [0.29, 0.717) is 6.04 Å². The number of likely N-dealkylation sites (N-methyl/N-ethyl adjacent to an activating group) is 2. The summed E-state index contributed by atoms with van der Waals surface area (Å²) in [6.07, 6.45) is 1.85. The molecule has 112 valence electrons. The molecule has 0 saturated carbocycles. The van der Waals surface area contributed by atoms with Crippen LogP contribution in [0, 0.1) is 13.8 Å². The average molecular weight is 283 g/mol. The van der Waals surface area contributed by atoms with E-state index in [1.165, 1.54) is 16.7 Å². The molecule has 3 nitrogen and oxygen atoms in total. The summed E-state index contributed by atoms with van der Waals surface area (Å²) in [6.45, 7) is 6.15. The van der Waals surface area contributed by atoms with Gasteiger partial charge in [-0.15, -0.1) is 0 Å². The largest absolute Gasteiger partial charge is 0.312 e. The van der Waals surface area contributed by atoms with Crippen LogP contribution in [0.2, 0.25) is 0 Å². The van der Waals surface area contributed by atoms with Crippen LogP contribution in [-0.4, -0.2) is 30.5 Å². The summed E-state index contributed by atoms with van der Waals surface area (Å²) < 4.78 is 0. The van der Waals surface area contributed by atoms with Gasteiger partial charge in [-0.1, -0.05) is 29.8 Å². The normalized spacial score (nSPS) is 12.6. The van der Waals surface area contributed by atoms with Crippen molar-refractivity contribution in [1.82, 2.24) is 15.2 Å². The molecule has 1 aromatic carbocycles. The number of hydrogen-bond acceptors (Lipinski definition) is 3. The first-order chi connectivity index (χ1) is 10.1. The van der Waals surface area contributed by atoms with Gasteiger partial charge in [0.25, 0.3) is 0 Å². The molecule has 0 fully saturated rings. The van der Waals surface area contributed by atoms with Gasteiger partial charge in [0.1, 0.15) is 0 Å². The predicted molar refractivity (Wildman–Crippen MR) is 88.3 cm³/mol. The molecule has 1 heterocycles. The lowest BCUT2D eigenvalue weighted by Crippen LogP contribution is -2.31. The highest BCUT2D eigenvalue weighted by atomic mass is 15.1. The number of rotatable bonds is 6. The lowest BCUT2D eigenvalue weighted by Gasteiger charge is -2.25. The summed E-state index contributed by atoms with van der Waals surface area (Å²) in [5.41, 5.74) is 5.13. The van der Waals surface area contributed by atoms with Gasteiger partial charge in [-0.05, 0) is 51.2 Å². The maximum Gasteiger partial charge on any atom is 0.0543 e. The molecule has 3 heteroatoms. The maximum absolute atomic E-state index is 4.39. The lowest BCUT2D eigenvalue weighted by atomic mass is 9.98. The number of benzene rings is 1. The summed E-state index contributed by atoms with van der Waals surface area (Å²) in [4.78, 5) is 6.70. The van der Waals surface area contributed by atoms with Gasteiger partial charge in [0.2, 0.25) is 0 Å². The quantitative estimate of drug-likeness (QED) is 0.883. The van der Waals surface area contributed by atoms with Gasteiger partial charge >= 0.3 is 0 Å². The van der Waals surface area contributed by atoms with Crippen molar-refractivity contribution < 1.29 is 0 Å². The molecular formula is C18H25N3. The first-order valence-corrected chi connectivity index (χ1v) is 7.43. The second kappa shape index (κ2) is 7.34. The molecule has 0 aliphatic carbocycles. The van der Waals surface area contributed by atoms with Crippen molar-refractivity contribution in [3.05, 3.63) is 65.0 Å². The molecule has 1 N–H and O–H groups in total. The van der Waals surface area contributed by atoms with Crippen LogP contribution in [0.4, 0.5) is 0 Å². The molecule has 0 aliphatic rings. The summed E-state index contributed by atoms with van der Waals surface area (Å²) in [5.74, 6) is 0. The highest BCUT2D eigenvalue weighted by molar-refractivity contribution is 5.33. The van der Waals surface area contributed by atoms with Crippen LogP contribution in [-0.2, 0) is 6.54 Å². The molecule has 0 spiro atoms. The van der Waals surface area contributed by atoms with Crippen molar-refractivity contribution in [3.8, 4) is 0 Å². The SMILES string of the molecule is CNC(CN(C)Cc1ccccn1)c1cc(C)ccc1C. The van der Waals surface area contributed by atoms with Crippen LogP contribution >= 0.6 is 0 Å². The fourth-order valence-corrected chi connectivity index (χ4v) is 2.62. The Bertz CT molecular complexity index is 566. The monoisotopic (exact) mass is 283 g/mol. The standard InChI is InChI=1S/C18H25N3/c1-14-8-9-15(2)17(11-14)18(19-3)13-21(4)12-16-7-5-6-10-20-16/h5-11,18-19H,12-13H2,1-4H3. The Balaban J connectivity index is 2.06. The zero-order valence-electron chi connectivity index (χ0n) is 13.4. The Labute approximate surface area is 128 Å². The van der Waals surface area contributed by atoms with Crippen molar-refractivity contribution >= 4 is 0 Å². The summed E-state index contributed by atoms with van der Waals surface area (Å²) in [7, 11) is 4.17. The van der Waals surface area contributed by atoms with Gasteiger partial charge in [-0.25, -0.2) is 0 Å². The molecule has 2 rings (SSSR count). The third kappa shape index (κ3) is 4.38. The van der Waals surface area contributed by atoms with E-state index in [1.807, 2.05) is 25.4 Å². The molecule has 0 bridgehead atoms. The summed E-state index contributed by atoms with van der Waals surface area (Å²) in [6, 6.07) is 13.1. The smallest absolute Gasteiger partial charge is 0.0543 e. The number of nitrogens with zero attached hydrogens (tertiary/aromatic N) is 2. The van der Waals surface area contributed by atoms with Crippen LogP contribution in [0.5, 0.6) is 0 Å². The first kappa shape index (κ1) is 15.7. The van der Waals surface area contributed by atoms with Crippen molar-refractivity contribution in [2.75, 3.05) is 20.6 Å². The number of pyridine rings is 1. The van der Waals surface area contributed by atoms with Crippen molar-refractivity contribution in [3.63, 3.8) is 0 Å². The zero-order valence-corrected chi connectivity index (χ0v) is 13.4. The Morgan fingerprint density at radius 2 is 2.00 bits per heavy atom. The van der Waals surface area contributed by atoms with Gasteiger partial charge in [0.15, 0.2) is 0 Å². The van der Waals surface area contributed by atoms with E-state index in [4.69, 9.17) is 0 Å². The Hall–Kier alpha value is -1.71. The number of hydrogen-bond donors (Lipinski definition) is 1. The van der Waals surface area contributed by atoms with Gasteiger partial charge in [-0.3, -0.25) is 9.88 Å². The molecular weight excluding hydrogens is 258 g/mol. The third-order valence-corrected chi connectivity index (χ3v) is 3.81. The zero-order chi connectivity index (χ0) is 15.2. The van der Waals surface area contributed by atoms with Crippen LogP contribution in [0.1, 0.15) is 28.4 Å². The van der Waals surface area contributed by atoms with Gasteiger partial charge in [0.05, 0.1) is 5.69 Å². The molecule has 1 atom stereocenters. The Morgan fingerprint density at radius 1 is 1.19 bits per heavy atom. The molecule has 0 amide bonds. The van der Waals surface area contributed by atoms with E-state index in [0.717, 1.165) is 18.8 Å². The highest BCUT2D eigenvalue weighted by Gasteiger charge is 2.14. The summed E-state index contributed by atoms with van der Waals surface area (Å²) >= 11 is 0. The lowest BCUT2D eigenvalue weighted by molar-refractivity contribution is 0.286. The Morgan fingerprint density at radius 3 is 2.67 bits per heavy atom. The van der Waals surface area contributed by atoms with Crippen molar-refractivity contribution in [1.29, 1.82) is 0 Å². The van der Waals surface area contributed by atoms with E-state index in [9.17, 15) is 0 Å². The second-order valence-electron chi connectivity index (χ2n) is 5.72. The van der Waals surface area contributed by atoms with E-state index in [2.05, 4.69) is 60.4 Å². The minimum absolute atomic E-state index is 0.332. The van der Waals surface area contributed by atoms with Crippen LogP contribution < -0.4 is 5.32 Å². The number of nitrogens with one attached hydrogen (secondary N) is 1. The van der Waals surface area contributed by atoms with E-state index in [-0.39, 0.29) is 0 Å². The van der Waals surface area contributed by atoms with Gasteiger partial charge < -0.3 is 5.32 Å². The minimum Gasteiger partial charge on any atom is -0.312 e. The molecule has 0 radical (unpaired) electrons. The highest BCUT2D eigenvalue weighted by Crippen LogP contribution is 2.20. The molecule has 1 aromatic heterocycles. The molecule has 0 saturated heterocycles. The number of aryl methyl sites for hydroxylation is 2. The first-order valence-electron chi connectivity index (χ1n) is 7.43. The molecule has 21 heavy (non-hydrogen) atoms.